The number of aliphatic imine (C=N–C) groups is 1. The van der Waals surface area contributed by atoms with E-state index in [1.807, 2.05) is 69.3 Å². The number of aryl methyl sites for hydroxylation is 3. The van der Waals surface area contributed by atoms with E-state index in [4.69, 9.17) is 0 Å². The molecule has 4 aromatic rings. The van der Waals surface area contributed by atoms with Crippen LogP contribution in [-0.2, 0) is 0 Å². The maximum atomic E-state index is 13.0. The van der Waals surface area contributed by atoms with Crippen LogP contribution in [0.1, 0.15) is 22.4 Å². The summed E-state index contributed by atoms with van der Waals surface area (Å²) in [6.07, 6.45) is 1.66. The molecule has 4 nitrogen and oxygen atoms in total. The Hall–Kier alpha value is -2.92. The monoisotopic (exact) mass is 433 g/mol. The van der Waals surface area contributed by atoms with Crippen LogP contribution in [0.5, 0.6) is 0 Å². The molecular weight excluding hydrogens is 414 g/mol. The fourth-order valence-corrected chi connectivity index (χ4v) is 3.91. The summed E-state index contributed by atoms with van der Waals surface area (Å²) >= 11 is 3.58. The third-order valence-electron chi connectivity index (χ3n) is 4.89. The molecule has 0 bridgehead atoms. The lowest BCUT2D eigenvalue weighted by Crippen LogP contribution is -2.18. The number of aromatic amines is 1. The normalized spacial score (nSPS) is 11.6. The first kappa shape index (κ1) is 18.4. The van der Waals surface area contributed by atoms with Gasteiger partial charge in [0.2, 0.25) is 0 Å². The Morgan fingerprint density at radius 1 is 1.00 bits per heavy atom. The highest BCUT2D eigenvalue weighted by molar-refractivity contribution is 9.10. The van der Waals surface area contributed by atoms with Crippen LogP contribution in [0.4, 0.5) is 5.69 Å². The van der Waals surface area contributed by atoms with Crippen molar-refractivity contribution in [2.45, 2.75) is 20.8 Å². The number of hydrogen-bond acceptors (Lipinski definition) is 2. The summed E-state index contributed by atoms with van der Waals surface area (Å²) in [5.41, 5.74) is 5.15. The van der Waals surface area contributed by atoms with E-state index >= 15 is 0 Å². The van der Waals surface area contributed by atoms with Crippen LogP contribution >= 0.6 is 15.9 Å². The molecule has 5 heteroatoms. The summed E-state index contributed by atoms with van der Waals surface area (Å²) in [5.74, 6) is 0. The molecule has 1 N–H and O–H groups in total. The Bertz CT molecular complexity index is 1280. The van der Waals surface area contributed by atoms with E-state index in [0.29, 0.717) is 5.56 Å². The highest BCUT2D eigenvalue weighted by Crippen LogP contribution is 2.31. The number of nitrogens with zero attached hydrogens (tertiary/aromatic N) is 2. The maximum absolute atomic E-state index is 13.0. The van der Waals surface area contributed by atoms with E-state index in [-0.39, 0.29) is 5.56 Å². The molecular formula is C23H20BrN3O. The summed E-state index contributed by atoms with van der Waals surface area (Å²) in [4.78, 5) is 17.6. The topological polar surface area (TPSA) is 50.1 Å². The van der Waals surface area contributed by atoms with Gasteiger partial charge in [-0.3, -0.25) is 14.9 Å². The standard InChI is InChI=1S/C23H20BrN3O/c1-14-8-11-22(15(2)12-14)27-23(28)19(16(3)26-27)13-25-21-10-9-20(24)17-6-4-5-7-18(17)21/h4-13,26H,1-3H3. The molecule has 0 amide bonds. The van der Waals surface area contributed by atoms with Crippen molar-refractivity contribution < 1.29 is 0 Å². The van der Waals surface area contributed by atoms with Crippen LogP contribution in [0, 0.1) is 20.8 Å². The van der Waals surface area contributed by atoms with Crippen molar-refractivity contribution in [1.82, 2.24) is 9.78 Å². The molecule has 1 aromatic heterocycles. The average molecular weight is 434 g/mol. The number of benzene rings is 3. The third-order valence-corrected chi connectivity index (χ3v) is 5.58. The van der Waals surface area contributed by atoms with Crippen molar-refractivity contribution >= 4 is 38.6 Å². The van der Waals surface area contributed by atoms with Crippen LogP contribution in [0.15, 0.2) is 68.9 Å². The van der Waals surface area contributed by atoms with E-state index in [1.165, 1.54) is 5.56 Å². The van der Waals surface area contributed by atoms with Crippen molar-refractivity contribution in [1.29, 1.82) is 0 Å². The lowest BCUT2D eigenvalue weighted by atomic mass is 10.1. The van der Waals surface area contributed by atoms with Gasteiger partial charge in [-0.05, 0) is 49.9 Å². The molecule has 4 rings (SSSR count). The average Bonchev–Trinajstić information content (AvgIpc) is 2.95. The molecule has 0 aliphatic carbocycles. The fraction of sp³-hybridized carbons (Fsp3) is 0.130. The number of rotatable bonds is 3. The first-order chi connectivity index (χ1) is 13.5. The van der Waals surface area contributed by atoms with Gasteiger partial charge in [0.1, 0.15) is 0 Å². The van der Waals surface area contributed by atoms with Gasteiger partial charge in [-0.1, -0.05) is 57.9 Å². The number of halogens is 1. The van der Waals surface area contributed by atoms with E-state index in [2.05, 4.69) is 32.1 Å². The third kappa shape index (κ3) is 3.22. The Labute approximate surface area is 171 Å². The zero-order valence-electron chi connectivity index (χ0n) is 16.0. The summed E-state index contributed by atoms with van der Waals surface area (Å²) < 4.78 is 2.61. The van der Waals surface area contributed by atoms with Crippen LogP contribution in [0.25, 0.3) is 16.5 Å². The van der Waals surface area contributed by atoms with Crippen LogP contribution in [-0.4, -0.2) is 16.0 Å². The Balaban J connectivity index is 1.79. The van der Waals surface area contributed by atoms with Gasteiger partial charge in [-0.2, -0.15) is 0 Å². The zero-order valence-corrected chi connectivity index (χ0v) is 17.5. The summed E-state index contributed by atoms with van der Waals surface area (Å²) in [6.45, 7) is 5.94. The zero-order chi connectivity index (χ0) is 19.8. The number of aromatic nitrogens is 2. The minimum atomic E-state index is -0.102. The van der Waals surface area contributed by atoms with E-state index < -0.39 is 0 Å². The number of hydrogen-bond donors (Lipinski definition) is 1. The molecule has 0 saturated carbocycles. The Kier molecular flexibility index (Phi) is 4.77. The number of fused-ring (bicyclic) bond motifs is 1. The van der Waals surface area contributed by atoms with Crippen molar-refractivity contribution in [2.24, 2.45) is 4.99 Å². The molecule has 0 spiro atoms. The first-order valence-electron chi connectivity index (χ1n) is 9.06. The maximum Gasteiger partial charge on any atom is 0.280 e. The van der Waals surface area contributed by atoms with E-state index in [0.717, 1.165) is 37.9 Å². The Morgan fingerprint density at radius 3 is 2.50 bits per heavy atom. The smallest absolute Gasteiger partial charge is 0.280 e. The van der Waals surface area contributed by atoms with Gasteiger partial charge in [0.25, 0.3) is 5.56 Å². The van der Waals surface area contributed by atoms with Gasteiger partial charge in [0.15, 0.2) is 0 Å². The molecule has 0 unspecified atom stereocenters. The minimum absolute atomic E-state index is 0.102. The van der Waals surface area contributed by atoms with Crippen molar-refractivity contribution in [3.8, 4) is 5.69 Å². The first-order valence-corrected chi connectivity index (χ1v) is 9.85. The summed E-state index contributed by atoms with van der Waals surface area (Å²) in [5, 5.41) is 5.31. The van der Waals surface area contributed by atoms with Crippen LogP contribution in [0.2, 0.25) is 0 Å². The predicted molar refractivity (Wildman–Crippen MR) is 120 cm³/mol. The molecule has 1 heterocycles. The molecule has 0 saturated heterocycles. The van der Waals surface area contributed by atoms with Gasteiger partial charge < -0.3 is 0 Å². The predicted octanol–water partition coefficient (Wildman–Crippen LogP) is 5.76. The quantitative estimate of drug-likeness (QED) is 0.410. The highest BCUT2D eigenvalue weighted by atomic mass is 79.9. The molecule has 3 aromatic carbocycles. The Morgan fingerprint density at radius 2 is 1.75 bits per heavy atom. The molecule has 0 aliphatic rings. The van der Waals surface area contributed by atoms with Gasteiger partial charge in [-0.15, -0.1) is 0 Å². The van der Waals surface area contributed by atoms with Gasteiger partial charge in [-0.25, -0.2) is 4.68 Å². The van der Waals surface area contributed by atoms with Crippen molar-refractivity contribution in [3.63, 3.8) is 0 Å². The lowest BCUT2D eigenvalue weighted by Gasteiger charge is -2.06. The van der Waals surface area contributed by atoms with Crippen molar-refractivity contribution in [2.75, 3.05) is 0 Å². The van der Waals surface area contributed by atoms with Crippen LogP contribution < -0.4 is 5.56 Å². The summed E-state index contributed by atoms with van der Waals surface area (Å²) in [7, 11) is 0. The highest BCUT2D eigenvalue weighted by Gasteiger charge is 2.12. The molecule has 0 atom stereocenters. The van der Waals surface area contributed by atoms with Gasteiger partial charge in [0.05, 0.1) is 16.9 Å². The second-order valence-electron chi connectivity index (χ2n) is 6.95. The second kappa shape index (κ2) is 7.24. The largest absolute Gasteiger partial charge is 0.295 e. The van der Waals surface area contributed by atoms with E-state index in [9.17, 15) is 4.79 Å². The van der Waals surface area contributed by atoms with Gasteiger partial charge >= 0.3 is 0 Å². The number of H-pyrrole nitrogens is 1. The fourth-order valence-electron chi connectivity index (χ4n) is 3.43. The number of nitrogens with one attached hydrogen (secondary N) is 1. The molecule has 140 valence electrons. The molecule has 0 aliphatic heterocycles. The SMILES string of the molecule is Cc1ccc(-n2[nH]c(C)c(C=Nc3ccc(Br)c4ccccc34)c2=O)c(C)c1. The molecule has 28 heavy (non-hydrogen) atoms. The van der Waals surface area contributed by atoms with Crippen molar-refractivity contribution in [3.05, 3.63) is 91.8 Å². The second-order valence-corrected chi connectivity index (χ2v) is 7.81. The van der Waals surface area contributed by atoms with E-state index in [1.54, 1.807) is 10.9 Å². The lowest BCUT2D eigenvalue weighted by molar-refractivity contribution is 0.828. The molecule has 0 fully saturated rings. The molecule has 0 radical (unpaired) electrons. The van der Waals surface area contributed by atoms with Crippen LogP contribution in [0.3, 0.4) is 0 Å². The van der Waals surface area contributed by atoms with Gasteiger partial charge in [0, 0.05) is 21.8 Å². The summed E-state index contributed by atoms with van der Waals surface area (Å²) in [6, 6.07) is 18.0. The minimum Gasteiger partial charge on any atom is -0.295 e.